The van der Waals surface area contributed by atoms with E-state index in [1.807, 2.05) is 43.0 Å². The summed E-state index contributed by atoms with van der Waals surface area (Å²) < 4.78 is 11.1. The van der Waals surface area contributed by atoms with Crippen molar-refractivity contribution in [3.8, 4) is 5.75 Å². The van der Waals surface area contributed by atoms with Gasteiger partial charge in [-0.1, -0.05) is 36.7 Å². The van der Waals surface area contributed by atoms with E-state index >= 15 is 0 Å². The molecule has 1 aromatic heterocycles. The van der Waals surface area contributed by atoms with Gasteiger partial charge in [-0.05, 0) is 37.8 Å². The number of carbonyl (C=O) groups is 1. The number of hydrogen-bond donors (Lipinski definition) is 0. The van der Waals surface area contributed by atoms with E-state index in [2.05, 4.69) is 12.1 Å². The van der Waals surface area contributed by atoms with Crippen LogP contribution in [0.4, 0.5) is 0 Å². The highest BCUT2D eigenvalue weighted by atomic mass is 16.5. The van der Waals surface area contributed by atoms with Gasteiger partial charge in [-0.15, -0.1) is 0 Å². The van der Waals surface area contributed by atoms with Crippen LogP contribution in [-0.2, 0) is 0 Å². The second-order valence-electron chi connectivity index (χ2n) is 7.15. The molecule has 1 aliphatic heterocycles. The van der Waals surface area contributed by atoms with E-state index in [1.165, 1.54) is 5.56 Å². The molecule has 1 fully saturated rings. The zero-order valence-corrected chi connectivity index (χ0v) is 15.2. The fourth-order valence-electron chi connectivity index (χ4n) is 3.05. The summed E-state index contributed by atoms with van der Waals surface area (Å²) in [5, 5.41) is 3.99. The third kappa shape index (κ3) is 4.41. The van der Waals surface area contributed by atoms with E-state index < -0.39 is 0 Å². The molecule has 0 spiro atoms. The first kappa shape index (κ1) is 17.5. The molecule has 2 heterocycles. The number of likely N-dealkylation sites (tertiary alicyclic amines) is 1. The molecule has 1 unspecified atom stereocenters. The van der Waals surface area contributed by atoms with Crippen LogP contribution in [0, 0.1) is 12.8 Å². The standard InChI is InChI=1S/C20H26N2O3/c1-14(2)18-11-19(25-21-18)20(23)22-10-4-5-16(12-22)13-24-17-8-6-15(3)7-9-17/h6-9,11,14,16H,4-5,10,12-13H2,1-3H3. The molecule has 0 saturated carbocycles. The van der Waals surface area contributed by atoms with E-state index in [0.717, 1.165) is 30.8 Å². The van der Waals surface area contributed by atoms with Gasteiger partial charge in [-0.3, -0.25) is 4.79 Å². The Labute approximate surface area is 148 Å². The van der Waals surface area contributed by atoms with E-state index in [4.69, 9.17) is 9.26 Å². The summed E-state index contributed by atoms with van der Waals surface area (Å²) in [6.45, 7) is 8.21. The highest BCUT2D eigenvalue weighted by molar-refractivity contribution is 5.91. The van der Waals surface area contributed by atoms with Crippen LogP contribution in [0.3, 0.4) is 0 Å². The first-order valence-corrected chi connectivity index (χ1v) is 8.98. The predicted molar refractivity (Wildman–Crippen MR) is 95.9 cm³/mol. The average Bonchev–Trinajstić information content (AvgIpc) is 3.11. The lowest BCUT2D eigenvalue weighted by Gasteiger charge is -2.32. The summed E-state index contributed by atoms with van der Waals surface area (Å²) >= 11 is 0. The number of carbonyl (C=O) groups excluding carboxylic acids is 1. The highest BCUT2D eigenvalue weighted by Crippen LogP contribution is 2.22. The maximum atomic E-state index is 12.6. The van der Waals surface area contributed by atoms with Crippen LogP contribution in [-0.4, -0.2) is 35.7 Å². The third-order valence-corrected chi connectivity index (χ3v) is 4.64. The molecule has 2 aromatic rings. The van der Waals surface area contributed by atoms with E-state index in [-0.39, 0.29) is 11.8 Å². The molecule has 1 aliphatic rings. The van der Waals surface area contributed by atoms with Crippen molar-refractivity contribution in [2.75, 3.05) is 19.7 Å². The molecular formula is C20H26N2O3. The molecule has 1 saturated heterocycles. The zero-order chi connectivity index (χ0) is 17.8. The minimum atomic E-state index is -0.0700. The monoisotopic (exact) mass is 342 g/mol. The van der Waals surface area contributed by atoms with Gasteiger partial charge < -0.3 is 14.2 Å². The van der Waals surface area contributed by atoms with Crippen molar-refractivity contribution in [2.24, 2.45) is 5.92 Å². The molecule has 0 aliphatic carbocycles. The molecule has 25 heavy (non-hydrogen) atoms. The molecule has 1 amide bonds. The molecule has 0 bridgehead atoms. The second-order valence-corrected chi connectivity index (χ2v) is 7.15. The molecule has 1 atom stereocenters. The Kier molecular flexibility index (Phi) is 5.41. The minimum Gasteiger partial charge on any atom is -0.493 e. The van der Waals surface area contributed by atoms with E-state index in [9.17, 15) is 4.79 Å². The number of hydrogen-bond acceptors (Lipinski definition) is 4. The molecule has 134 valence electrons. The number of rotatable bonds is 5. The SMILES string of the molecule is Cc1ccc(OCC2CCCN(C(=O)c3cc(C(C)C)no3)C2)cc1. The maximum absolute atomic E-state index is 12.6. The molecular weight excluding hydrogens is 316 g/mol. The van der Waals surface area contributed by atoms with Crippen molar-refractivity contribution in [3.05, 3.63) is 47.3 Å². The quantitative estimate of drug-likeness (QED) is 0.823. The van der Waals surface area contributed by atoms with Crippen LogP contribution in [0.25, 0.3) is 0 Å². The van der Waals surface area contributed by atoms with Crippen LogP contribution in [0.15, 0.2) is 34.9 Å². The van der Waals surface area contributed by atoms with Crippen molar-refractivity contribution in [2.45, 2.75) is 39.5 Å². The van der Waals surface area contributed by atoms with Gasteiger partial charge in [0.1, 0.15) is 5.75 Å². The first-order chi connectivity index (χ1) is 12.0. The van der Waals surface area contributed by atoms with Crippen molar-refractivity contribution in [1.29, 1.82) is 0 Å². The van der Waals surface area contributed by atoms with Gasteiger partial charge >= 0.3 is 0 Å². The lowest BCUT2D eigenvalue weighted by Crippen LogP contribution is -2.41. The molecule has 5 nitrogen and oxygen atoms in total. The Hall–Kier alpha value is -2.30. The van der Waals surface area contributed by atoms with Crippen molar-refractivity contribution >= 4 is 5.91 Å². The Morgan fingerprint density at radius 3 is 2.80 bits per heavy atom. The summed E-state index contributed by atoms with van der Waals surface area (Å²) in [6.07, 6.45) is 2.06. The lowest BCUT2D eigenvalue weighted by atomic mass is 9.98. The van der Waals surface area contributed by atoms with Gasteiger partial charge in [-0.25, -0.2) is 0 Å². The number of piperidine rings is 1. The van der Waals surface area contributed by atoms with Gasteiger partial charge in [0.15, 0.2) is 0 Å². The van der Waals surface area contributed by atoms with Crippen LogP contribution in [0.1, 0.15) is 54.4 Å². The predicted octanol–water partition coefficient (Wildman–Crippen LogP) is 4.04. The number of benzene rings is 1. The summed E-state index contributed by atoms with van der Waals surface area (Å²) in [4.78, 5) is 14.5. The fraction of sp³-hybridized carbons (Fsp3) is 0.500. The van der Waals surface area contributed by atoms with Gasteiger partial charge in [0.05, 0.1) is 12.3 Å². The smallest absolute Gasteiger partial charge is 0.292 e. The van der Waals surface area contributed by atoms with Gasteiger partial charge in [0.25, 0.3) is 5.91 Å². The Bertz CT molecular complexity index is 706. The lowest BCUT2D eigenvalue weighted by molar-refractivity contribution is 0.0593. The number of amides is 1. The minimum absolute atomic E-state index is 0.0700. The Morgan fingerprint density at radius 2 is 2.12 bits per heavy atom. The normalized spacial score (nSPS) is 17.8. The van der Waals surface area contributed by atoms with E-state index in [0.29, 0.717) is 24.8 Å². The van der Waals surface area contributed by atoms with Gasteiger partial charge in [-0.2, -0.15) is 0 Å². The van der Waals surface area contributed by atoms with Gasteiger partial charge in [0, 0.05) is 25.1 Å². The molecule has 0 N–H and O–H groups in total. The summed E-state index contributed by atoms with van der Waals surface area (Å²) in [5.41, 5.74) is 2.04. The third-order valence-electron chi connectivity index (χ3n) is 4.64. The molecule has 0 radical (unpaired) electrons. The molecule has 5 heteroatoms. The average molecular weight is 342 g/mol. The number of nitrogens with zero attached hydrogens (tertiary/aromatic N) is 2. The summed E-state index contributed by atoms with van der Waals surface area (Å²) in [5.74, 6) is 1.74. The fourth-order valence-corrected chi connectivity index (χ4v) is 3.05. The second kappa shape index (κ2) is 7.72. The topological polar surface area (TPSA) is 55.6 Å². The van der Waals surface area contributed by atoms with Crippen LogP contribution >= 0.6 is 0 Å². The maximum Gasteiger partial charge on any atom is 0.292 e. The summed E-state index contributed by atoms with van der Waals surface area (Å²) in [7, 11) is 0. The van der Waals surface area contributed by atoms with Crippen LogP contribution in [0.2, 0.25) is 0 Å². The zero-order valence-electron chi connectivity index (χ0n) is 15.2. The van der Waals surface area contributed by atoms with E-state index in [1.54, 1.807) is 6.07 Å². The summed E-state index contributed by atoms with van der Waals surface area (Å²) in [6, 6.07) is 9.83. The van der Waals surface area contributed by atoms with Gasteiger partial charge in [0.2, 0.25) is 5.76 Å². The van der Waals surface area contributed by atoms with Crippen LogP contribution < -0.4 is 4.74 Å². The number of aryl methyl sites for hydroxylation is 1. The molecule has 3 rings (SSSR count). The van der Waals surface area contributed by atoms with Crippen molar-refractivity contribution in [1.82, 2.24) is 10.1 Å². The van der Waals surface area contributed by atoms with Crippen LogP contribution in [0.5, 0.6) is 5.75 Å². The largest absolute Gasteiger partial charge is 0.493 e. The number of ether oxygens (including phenoxy) is 1. The van der Waals surface area contributed by atoms with Crippen molar-refractivity contribution < 1.29 is 14.1 Å². The Morgan fingerprint density at radius 1 is 1.36 bits per heavy atom. The molecule has 1 aromatic carbocycles. The number of aromatic nitrogens is 1. The van der Waals surface area contributed by atoms with Crippen molar-refractivity contribution in [3.63, 3.8) is 0 Å². The first-order valence-electron chi connectivity index (χ1n) is 8.98. The Balaban J connectivity index is 1.56. The highest BCUT2D eigenvalue weighted by Gasteiger charge is 2.27.